The molecule has 0 bridgehead atoms. The molecule has 0 aliphatic carbocycles. The van der Waals surface area contributed by atoms with Crippen molar-refractivity contribution in [3.63, 3.8) is 0 Å². The predicted molar refractivity (Wildman–Crippen MR) is 95.8 cm³/mol. The van der Waals surface area contributed by atoms with Crippen LogP contribution in [0.2, 0.25) is 5.02 Å². The van der Waals surface area contributed by atoms with Crippen molar-refractivity contribution in [3.8, 4) is 0 Å². The summed E-state index contributed by atoms with van der Waals surface area (Å²) < 4.78 is 54.3. The van der Waals surface area contributed by atoms with Gasteiger partial charge in [0.25, 0.3) is 20.1 Å². The van der Waals surface area contributed by atoms with Crippen LogP contribution < -0.4 is 4.72 Å². The first-order valence-electron chi connectivity index (χ1n) is 6.77. The van der Waals surface area contributed by atoms with E-state index in [2.05, 4.69) is 8.91 Å². The summed E-state index contributed by atoms with van der Waals surface area (Å²) >= 11 is 7.29. The fourth-order valence-electron chi connectivity index (χ4n) is 1.99. The van der Waals surface area contributed by atoms with Crippen LogP contribution >= 0.6 is 22.9 Å². The van der Waals surface area contributed by atoms with Crippen LogP contribution in [0.15, 0.2) is 33.9 Å². The Kier molecular flexibility index (Phi) is 5.92. The predicted octanol–water partition coefficient (Wildman–Crippen LogP) is 3.03. The summed E-state index contributed by atoms with van der Waals surface area (Å²) in [6.45, 7) is 1.58. The van der Waals surface area contributed by atoms with Gasteiger partial charge >= 0.3 is 0 Å². The molecule has 0 radical (unpaired) electrons. The minimum atomic E-state index is -3.80. The zero-order chi connectivity index (χ0) is 18.0. The highest BCUT2D eigenvalue weighted by Gasteiger charge is 2.20. The van der Waals surface area contributed by atoms with E-state index in [0.29, 0.717) is 21.8 Å². The molecule has 24 heavy (non-hydrogen) atoms. The largest absolute Gasteiger partial charge is 0.278 e. The number of hydrogen-bond acceptors (Lipinski definition) is 6. The fraction of sp³-hybridized carbons (Fsp3) is 0.286. The molecule has 0 aliphatic rings. The molecule has 2 aromatic rings. The highest BCUT2D eigenvalue weighted by Crippen LogP contribution is 2.28. The smallest absolute Gasteiger partial charge is 0.264 e. The first-order valence-corrected chi connectivity index (χ1v) is 11.4. The van der Waals surface area contributed by atoms with Crippen molar-refractivity contribution < 1.29 is 21.0 Å². The van der Waals surface area contributed by atoms with Crippen LogP contribution in [0.4, 0.5) is 5.69 Å². The van der Waals surface area contributed by atoms with E-state index in [-0.39, 0.29) is 17.9 Å². The van der Waals surface area contributed by atoms with Crippen molar-refractivity contribution in [2.45, 2.75) is 18.2 Å². The summed E-state index contributed by atoms with van der Waals surface area (Å²) in [4.78, 5) is 0.0968. The maximum absolute atomic E-state index is 12.6. The molecule has 10 heteroatoms. The minimum absolute atomic E-state index is 0.0551. The van der Waals surface area contributed by atoms with Crippen molar-refractivity contribution in [2.24, 2.45) is 0 Å². The number of nitrogens with one attached hydrogen (secondary N) is 1. The van der Waals surface area contributed by atoms with Gasteiger partial charge in [-0.25, -0.2) is 8.42 Å². The summed E-state index contributed by atoms with van der Waals surface area (Å²) in [6, 6.07) is 4.66. The Labute approximate surface area is 150 Å². The zero-order valence-corrected chi connectivity index (χ0v) is 16.2. The van der Waals surface area contributed by atoms with Crippen LogP contribution in [0.1, 0.15) is 11.1 Å². The molecule has 1 heterocycles. The Balaban J connectivity index is 2.19. The SMILES string of the molecule is Cc1c(Cl)cccc1S(=O)(=O)Nc1cscc1CCOS(C)(=O)=O. The summed E-state index contributed by atoms with van der Waals surface area (Å²) in [5, 5.41) is 3.76. The molecule has 1 N–H and O–H groups in total. The molecular formula is C14H16ClNO5S3. The maximum Gasteiger partial charge on any atom is 0.264 e. The van der Waals surface area contributed by atoms with Gasteiger partial charge in [-0.05, 0) is 35.6 Å². The lowest BCUT2D eigenvalue weighted by molar-refractivity contribution is 0.326. The molecule has 0 aliphatic heterocycles. The fourth-order valence-corrected chi connectivity index (χ4v) is 4.86. The summed E-state index contributed by atoms with van der Waals surface area (Å²) in [7, 11) is -7.33. The van der Waals surface area contributed by atoms with Crippen molar-refractivity contribution in [3.05, 3.63) is 45.1 Å². The van der Waals surface area contributed by atoms with Crippen molar-refractivity contribution >= 4 is 48.8 Å². The first kappa shape index (κ1) is 19.2. The van der Waals surface area contributed by atoms with E-state index in [1.165, 1.54) is 17.4 Å². The van der Waals surface area contributed by atoms with Gasteiger partial charge in [0.1, 0.15) is 0 Å². The van der Waals surface area contributed by atoms with E-state index >= 15 is 0 Å². The number of halogens is 1. The average molecular weight is 410 g/mol. The van der Waals surface area contributed by atoms with Gasteiger partial charge in [-0.3, -0.25) is 8.91 Å². The van der Waals surface area contributed by atoms with E-state index in [1.807, 2.05) is 0 Å². The summed E-state index contributed by atoms with van der Waals surface area (Å²) in [6.07, 6.45) is 1.23. The van der Waals surface area contributed by atoms with Crippen LogP contribution in [-0.4, -0.2) is 29.7 Å². The Morgan fingerprint density at radius 1 is 1.21 bits per heavy atom. The third-order valence-corrected chi connectivity index (χ3v) is 6.47. The Morgan fingerprint density at radius 3 is 2.58 bits per heavy atom. The van der Waals surface area contributed by atoms with Gasteiger partial charge in [-0.1, -0.05) is 17.7 Å². The standard InChI is InChI=1S/C14H16ClNO5S3/c1-10-12(15)4-3-5-14(10)24(19,20)16-13-9-22-8-11(13)6-7-21-23(2,17)18/h3-5,8-9,16H,6-7H2,1-2H3. The number of hydrogen-bond donors (Lipinski definition) is 1. The van der Waals surface area contributed by atoms with E-state index in [0.717, 1.165) is 6.26 Å². The van der Waals surface area contributed by atoms with E-state index in [9.17, 15) is 16.8 Å². The molecule has 0 unspecified atom stereocenters. The lowest BCUT2D eigenvalue weighted by Gasteiger charge is -2.12. The third-order valence-electron chi connectivity index (χ3n) is 3.16. The molecule has 132 valence electrons. The molecule has 0 atom stereocenters. The lowest BCUT2D eigenvalue weighted by Crippen LogP contribution is -2.15. The van der Waals surface area contributed by atoms with Gasteiger partial charge in [0.15, 0.2) is 0 Å². The van der Waals surface area contributed by atoms with Crippen molar-refractivity contribution in [1.82, 2.24) is 0 Å². The normalized spacial score (nSPS) is 12.3. The van der Waals surface area contributed by atoms with Gasteiger partial charge in [0.05, 0.1) is 23.4 Å². The van der Waals surface area contributed by atoms with Crippen LogP contribution in [0.3, 0.4) is 0 Å². The third kappa shape index (κ3) is 4.93. The lowest BCUT2D eigenvalue weighted by atomic mass is 10.2. The van der Waals surface area contributed by atoms with Gasteiger partial charge in [0, 0.05) is 16.8 Å². The molecule has 0 spiro atoms. The van der Waals surface area contributed by atoms with Crippen LogP contribution in [0.25, 0.3) is 0 Å². The van der Waals surface area contributed by atoms with Crippen molar-refractivity contribution in [1.29, 1.82) is 0 Å². The van der Waals surface area contributed by atoms with Crippen molar-refractivity contribution in [2.75, 3.05) is 17.6 Å². The molecule has 0 fully saturated rings. The monoisotopic (exact) mass is 409 g/mol. The van der Waals surface area contributed by atoms with Gasteiger partial charge in [-0.2, -0.15) is 8.42 Å². The first-order chi connectivity index (χ1) is 11.1. The maximum atomic E-state index is 12.6. The quantitative estimate of drug-likeness (QED) is 0.710. The molecule has 1 aromatic heterocycles. The number of anilines is 1. The second kappa shape index (κ2) is 7.40. The second-order valence-electron chi connectivity index (χ2n) is 5.06. The van der Waals surface area contributed by atoms with Crippen LogP contribution in [-0.2, 0) is 30.7 Å². The molecule has 6 nitrogen and oxygen atoms in total. The summed E-state index contributed by atoms with van der Waals surface area (Å²) in [5.41, 5.74) is 1.52. The minimum Gasteiger partial charge on any atom is -0.278 e. The Hall–Kier alpha value is -1.13. The van der Waals surface area contributed by atoms with Gasteiger partial charge in [0.2, 0.25) is 0 Å². The highest BCUT2D eigenvalue weighted by atomic mass is 35.5. The van der Waals surface area contributed by atoms with Gasteiger partial charge in [-0.15, -0.1) is 11.3 Å². The second-order valence-corrected chi connectivity index (χ2v) is 9.50. The van der Waals surface area contributed by atoms with Gasteiger partial charge < -0.3 is 0 Å². The number of benzene rings is 1. The number of rotatable bonds is 7. The van der Waals surface area contributed by atoms with E-state index in [1.54, 1.807) is 29.8 Å². The van der Waals surface area contributed by atoms with E-state index < -0.39 is 20.1 Å². The molecule has 0 amide bonds. The molecule has 2 rings (SSSR count). The van der Waals surface area contributed by atoms with Crippen LogP contribution in [0, 0.1) is 6.92 Å². The molecule has 0 saturated heterocycles. The van der Waals surface area contributed by atoms with E-state index in [4.69, 9.17) is 11.6 Å². The molecule has 0 saturated carbocycles. The average Bonchev–Trinajstić information content (AvgIpc) is 2.87. The zero-order valence-electron chi connectivity index (χ0n) is 12.9. The highest BCUT2D eigenvalue weighted by molar-refractivity contribution is 7.92. The van der Waals surface area contributed by atoms with Crippen LogP contribution in [0.5, 0.6) is 0 Å². The number of thiophene rings is 1. The Bertz CT molecular complexity index is 935. The number of sulfonamides is 1. The summed E-state index contributed by atoms with van der Waals surface area (Å²) in [5.74, 6) is 0. The molecule has 1 aromatic carbocycles. The topological polar surface area (TPSA) is 89.5 Å². The Morgan fingerprint density at radius 2 is 1.92 bits per heavy atom. The molecular weight excluding hydrogens is 394 g/mol.